The van der Waals surface area contributed by atoms with Crippen molar-refractivity contribution in [1.82, 2.24) is 4.98 Å². The van der Waals surface area contributed by atoms with Crippen molar-refractivity contribution in [2.75, 3.05) is 0 Å². The summed E-state index contributed by atoms with van der Waals surface area (Å²) in [7, 11) is 0. The van der Waals surface area contributed by atoms with Crippen LogP contribution in [-0.4, -0.2) is 16.1 Å². The lowest BCUT2D eigenvalue weighted by atomic mass is 9.82. The molecule has 1 aliphatic carbocycles. The first kappa shape index (κ1) is 12.1. The van der Waals surface area contributed by atoms with Crippen LogP contribution in [-0.2, 0) is 10.2 Å². The molecule has 2 rings (SSSR count). The fourth-order valence-electron chi connectivity index (χ4n) is 2.59. The Morgan fingerprint density at radius 2 is 2.00 bits per heavy atom. The zero-order valence-corrected chi connectivity index (χ0v) is 10.4. The van der Waals surface area contributed by atoms with Gasteiger partial charge in [0, 0.05) is 6.20 Å². The smallest absolute Gasteiger partial charge is 0.315 e. The average Bonchev–Trinajstić information content (AvgIpc) is 2.79. The Morgan fingerprint density at radius 3 is 2.41 bits per heavy atom. The lowest BCUT2D eigenvalue weighted by molar-refractivity contribution is -0.143. The van der Waals surface area contributed by atoms with Gasteiger partial charge in [0.05, 0.1) is 5.69 Å². The predicted molar refractivity (Wildman–Crippen MR) is 66.1 cm³/mol. The van der Waals surface area contributed by atoms with Crippen LogP contribution in [0.4, 0.5) is 0 Å². The van der Waals surface area contributed by atoms with Gasteiger partial charge in [-0.3, -0.25) is 9.78 Å². The van der Waals surface area contributed by atoms with Crippen molar-refractivity contribution in [3.05, 3.63) is 29.6 Å². The number of carbonyl (C=O) groups is 1. The number of pyridine rings is 1. The second kappa shape index (κ2) is 4.47. The molecule has 3 nitrogen and oxygen atoms in total. The molecular formula is C14H19NO2. The second-order valence-corrected chi connectivity index (χ2v) is 5.23. The minimum absolute atomic E-state index is 0.431. The minimum Gasteiger partial charge on any atom is -0.481 e. The van der Waals surface area contributed by atoms with Crippen LogP contribution < -0.4 is 0 Å². The molecule has 0 spiro atoms. The lowest BCUT2D eigenvalue weighted by Crippen LogP contribution is -2.33. The van der Waals surface area contributed by atoms with Gasteiger partial charge in [-0.15, -0.1) is 0 Å². The van der Waals surface area contributed by atoms with E-state index < -0.39 is 11.4 Å². The van der Waals surface area contributed by atoms with Crippen LogP contribution in [0.1, 0.15) is 56.7 Å². The molecule has 0 saturated heterocycles. The fourth-order valence-corrected chi connectivity index (χ4v) is 2.59. The molecule has 0 atom stereocenters. The Hall–Kier alpha value is -1.38. The largest absolute Gasteiger partial charge is 0.481 e. The Kier molecular flexibility index (Phi) is 3.18. The first-order valence-electron chi connectivity index (χ1n) is 6.26. The van der Waals surface area contributed by atoms with Gasteiger partial charge < -0.3 is 5.11 Å². The molecular weight excluding hydrogens is 214 g/mol. The number of hydrogen-bond donors (Lipinski definition) is 1. The summed E-state index contributed by atoms with van der Waals surface area (Å²) in [4.78, 5) is 15.9. The molecule has 1 fully saturated rings. The SMILES string of the molecule is CC(C)c1ccc(C2(C(=O)O)CCCC2)nc1. The Morgan fingerprint density at radius 1 is 1.35 bits per heavy atom. The van der Waals surface area contributed by atoms with Crippen LogP contribution in [0.3, 0.4) is 0 Å². The maximum Gasteiger partial charge on any atom is 0.315 e. The van der Waals surface area contributed by atoms with E-state index in [0.29, 0.717) is 5.92 Å². The maximum absolute atomic E-state index is 11.5. The summed E-state index contributed by atoms with van der Waals surface area (Å²) < 4.78 is 0. The van der Waals surface area contributed by atoms with E-state index in [2.05, 4.69) is 18.8 Å². The van der Waals surface area contributed by atoms with Crippen molar-refractivity contribution >= 4 is 5.97 Å². The van der Waals surface area contributed by atoms with Crippen LogP contribution in [0.25, 0.3) is 0 Å². The number of nitrogens with zero attached hydrogens (tertiary/aromatic N) is 1. The van der Waals surface area contributed by atoms with Gasteiger partial charge in [0.15, 0.2) is 0 Å². The van der Waals surface area contributed by atoms with Crippen molar-refractivity contribution in [1.29, 1.82) is 0 Å². The third-order valence-electron chi connectivity index (χ3n) is 3.81. The van der Waals surface area contributed by atoms with Crippen LogP contribution in [0, 0.1) is 0 Å². The standard InChI is InChI=1S/C14H19NO2/c1-10(2)11-5-6-12(15-9-11)14(13(16)17)7-3-4-8-14/h5-6,9-10H,3-4,7-8H2,1-2H3,(H,16,17). The number of carboxylic acid groups (broad SMARTS) is 1. The van der Waals surface area contributed by atoms with Gasteiger partial charge in [-0.05, 0) is 30.4 Å². The van der Waals surface area contributed by atoms with E-state index in [1.54, 1.807) is 0 Å². The van der Waals surface area contributed by atoms with Gasteiger partial charge in [-0.2, -0.15) is 0 Å². The summed E-state index contributed by atoms with van der Waals surface area (Å²) in [5.74, 6) is -0.291. The molecule has 0 amide bonds. The molecule has 3 heteroatoms. The van der Waals surface area contributed by atoms with E-state index in [1.165, 1.54) is 0 Å². The van der Waals surface area contributed by atoms with Gasteiger partial charge >= 0.3 is 5.97 Å². The van der Waals surface area contributed by atoms with Crippen LogP contribution in [0.2, 0.25) is 0 Å². The number of aromatic nitrogens is 1. The number of hydrogen-bond acceptors (Lipinski definition) is 2. The normalized spacial score (nSPS) is 18.5. The monoisotopic (exact) mass is 233 g/mol. The highest BCUT2D eigenvalue weighted by Gasteiger charge is 2.44. The van der Waals surface area contributed by atoms with Gasteiger partial charge in [0.25, 0.3) is 0 Å². The first-order chi connectivity index (χ1) is 8.06. The fraction of sp³-hybridized carbons (Fsp3) is 0.571. The molecule has 0 aliphatic heterocycles. The van der Waals surface area contributed by atoms with E-state index in [4.69, 9.17) is 0 Å². The molecule has 0 bridgehead atoms. The number of aliphatic carboxylic acids is 1. The second-order valence-electron chi connectivity index (χ2n) is 5.23. The lowest BCUT2D eigenvalue weighted by Gasteiger charge is -2.23. The molecule has 0 aromatic carbocycles. The molecule has 92 valence electrons. The van der Waals surface area contributed by atoms with E-state index in [0.717, 1.165) is 36.9 Å². The van der Waals surface area contributed by atoms with Crippen molar-refractivity contribution in [2.24, 2.45) is 0 Å². The first-order valence-corrected chi connectivity index (χ1v) is 6.26. The highest BCUT2D eigenvalue weighted by molar-refractivity contribution is 5.81. The van der Waals surface area contributed by atoms with Crippen molar-refractivity contribution in [3.8, 4) is 0 Å². The van der Waals surface area contributed by atoms with Crippen molar-refractivity contribution < 1.29 is 9.90 Å². The quantitative estimate of drug-likeness (QED) is 0.872. The molecule has 0 unspecified atom stereocenters. The molecule has 1 aliphatic rings. The molecule has 17 heavy (non-hydrogen) atoms. The molecule has 1 aromatic heterocycles. The molecule has 1 N–H and O–H groups in total. The summed E-state index contributed by atoms with van der Waals surface area (Å²) in [6.07, 6.45) is 5.23. The summed E-state index contributed by atoms with van der Waals surface area (Å²) >= 11 is 0. The highest BCUT2D eigenvalue weighted by atomic mass is 16.4. The van der Waals surface area contributed by atoms with E-state index in [1.807, 2.05) is 18.3 Å². The third-order valence-corrected chi connectivity index (χ3v) is 3.81. The van der Waals surface area contributed by atoms with Crippen LogP contribution >= 0.6 is 0 Å². The minimum atomic E-state index is -0.727. The van der Waals surface area contributed by atoms with Crippen LogP contribution in [0.15, 0.2) is 18.3 Å². The van der Waals surface area contributed by atoms with E-state index >= 15 is 0 Å². The summed E-state index contributed by atoms with van der Waals surface area (Å²) in [5.41, 5.74) is 1.16. The molecule has 1 heterocycles. The van der Waals surface area contributed by atoms with Gasteiger partial charge in [-0.1, -0.05) is 32.8 Å². The Balaban J connectivity index is 2.35. The van der Waals surface area contributed by atoms with Gasteiger partial charge in [-0.25, -0.2) is 0 Å². The van der Waals surface area contributed by atoms with Gasteiger partial charge in [0.2, 0.25) is 0 Å². The Bertz CT molecular complexity index is 403. The average molecular weight is 233 g/mol. The summed E-state index contributed by atoms with van der Waals surface area (Å²) in [6.45, 7) is 4.22. The predicted octanol–water partition coefficient (Wildman–Crippen LogP) is 3.10. The molecule has 1 aromatic rings. The Labute approximate surface area is 102 Å². The highest BCUT2D eigenvalue weighted by Crippen LogP contribution is 2.40. The van der Waals surface area contributed by atoms with Crippen molar-refractivity contribution in [2.45, 2.75) is 50.9 Å². The van der Waals surface area contributed by atoms with Crippen molar-refractivity contribution in [3.63, 3.8) is 0 Å². The topological polar surface area (TPSA) is 50.2 Å². The summed E-state index contributed by atoms with van der Waals surface area (Å²) in [6, 6.07) is 3.91. The zero-order chi connectivity index (χ0) is 12.5. The molecule has 1 saturated carbocycles. The third kappa shape index (κ3) is 2.06. The number of carboxylic acids is 1. The van der Waals surface area contributed by atoms with Gasteiger partial charge in [0.1, 0.15) is 5.41 Å². The molecule has 0 radical (unpaired) electrons. The zero-order valence-electron chi connectivity index (χ0n) is 10.4. The summed E-state index contributed by atoms with van der Waals surface area (Å²) in [5, 5.41) is 9.46. The van der Waals surface area contributed by atoms with E-state index in [-0.39, 0.29) is 0 Å². The maximum atomic E-state index is 11.5. The van der Waals surface area contributed by atoms with Crippen LogP contribution in [0.5, 0.6) is 0 Å². The van der Waals surface area contributed by atoms with E-state index in [9.17, 15) is 9.90 Å². The number of rotatable bonds is 3.